The highest BCUT2D eigenvalue weighted by molar-refractivity contribution is 6.24. The molecule has 26 heavy (non-hydrogen) atoms. The van der Waals surface area contributed by atoms with Crippen LogP contribution in [0.1, 0.15) is 51.7 Å². The summed E-state index contributed by atoms with van der Waals surface area (Å²) in [6, 6.07) is 3.69. The second-order valence-electron chi connectivity index (χ2n) is 7.33. The molecule has 6 nitrogen and oxygen atoms in total. The van der Waals surface area contributed by atoms with Crippen LogP contribution in [-0.2, 0) is 16.1 Å². The van der Waals surface area contributed by atoms with Gasteiger partial charge in [0, 0.05) is 24.7 Å². The summed E-state index contributed by atoms with van der Waals surface area (Å²) >= 11 is 0. The second kappa shape index (κ2) is 7.81. The summed E-state index contributed by atoms with van der Waals surface area (Å²) in [5, 5.41) is 2.48. The minimum atomic E-state index is -0.397. The van der Waals surface area contributed by atoms with Crippen molar-refractivity contribution in [2.75, 3.05) is 14.2 Å². The van der Waals surface area contributed by atoms with Gasteiger partial charge in [-0.05, 0) is 50.5 Å². The van der Waals surface area contributed by atoms with Crippen molar-refractivity contribution in [1.29, 1.82) is 0 Å². The summed E-state index contributed by atoms with van der Waals surface area (Å²) in [4.78, 5) is 26.8. The quantitative estimate of drug-likeness (QED) is 0.874. The highest BCUT2D eigenvalue weighted by Gasteiger charge is 2.29. The number of amides is 2. The average Bonchev–Trinajstić information content (AvgIpc) is 2.58. The fraction of sp³-hybridized carbons (Fsp3) is 0.500. The van der Waals surface area contributed by atoms with Crippen molar-refractivity contribution in [3.05, 3.63) is 29.5 Å². The summed E-state index contributed by atoms with van der Waals surface area (Å²) in [5.41, 5.74) is 1.98. The first kappa shape index (κ1) is 19.8. The molecule has 1 N–H and O–H groups in total. The SMILES string of the molecule is CCCC(=O)NC(=O)C1=CN(C(C)(C)C)Cc2cc(OC)c(OC)cc21. The Balaban J connectivity index is 2.50. The first-order valence-electron chi connectivity index (χ1n) is 8.79. The van der Waals surface area contributed by atoms with Gasteiger partial charge in [0.1, 0.15) is 0 Å². The van der Waals surface area contributed by atoms with Crippen LogP contribution in [0, 0.1) is 0 Å². The maximum absolute atomic E-state index is 12.8. The molecule has 0 spiro atoms. The van der Waals surface area contributed by atoms with Crippen LogP contribution in [0.2, 0.25) is 0 Å². The molecule has 0 atom stereocenters. The third kappa shape index (κ3) is 4.18. The predicted molar refractivity (Wildman–Crippen MR) is 101 cm³/mol. The Kier molecular flexibility index (Phi) is 5.95. The molecule has 0 aliphatic carbocycles. The van der Waals surface area contributed by atoms with Gasteiger partial charge < -0.3 is 14.4 Å². The van der Waals surface area contributed by atoms with Gasteiger partial charge in [-0.1, -0.05) is 6.92 Å². The van der Waals surface area contributed by atoms with E-state index < -0.39 is 5.91 Å². The molecule has 0 saturated heterocycles. The maximum atomic E-state index is 12.8. The van der Waals surface area contributed by atoms with E-state index in [1.807, 2.05) is 19.2 Å². The molecule has 142 valence electrons. The highest BCUT2D eigenvalue weighted by atomic mass is 16.5. The number of benzene rings is 1. The van der Waals surface area contributed by atoms with Crippen molar-refractivity contribution >= 4 is 17.4 Å². The number of fused-ring (bicyclic) bond motifs is 1. The molecule has 0 saturated carbocycles. The van der Waals surface area contributed by atoms with Gasteiger partial charge in [0.2, 0.25) is 5.91 Å². The standard InChI is InChI=1S/C20H28N2O4/c1-7-8-18(23)21-19(24)15-12-22(20(2,3)4)11-13-9-16(25-5)17(26-6)10-14(13)15/h9-10,12H,7-8,11H2,1-6H3,(H,21,23,24). The molecule has 1 aromatic rings. The highest BCUT2D eigenvalue weighted by Crippen LogP contribution is 2.38. The molecule has 0 radical (unpaired) electrons. The first-order valence-corrected chi connectivity index (χ1v) is 8.79. The number of ether oxygens (including phenoxy) is 2. The zero-order valence-electron chi connectivity index (χ0n) is 16.4. The van der Waals surface area contributed by atoms with Crippen LogP contribution < -0.4 is 14.8 Å². The number of methoxy groups -OCH3 is 2. The summed E-state index contributed by atoms with van der Waals surface area (Å²) in [5.74, 6) is 0.497. The zero-order valence-corrected chi connectivity index (χ0v) is 16.4. The minimum absolute atomic E-state index is 0.177. The van der Waals surface area contributed by atoms with Gasteiger partial charge in [-0.25, -0.2) is 0 Å². The van der Waals surface area contributed by atoms with Crippen molar-refractivity contribution in [3.63, 3.8) is 0 Å². The predicted octanol–water partition coefficient (Wildman–Crippen LogP) is 3.10. The number of rotatable bonds is 5. The molecule has 1 aliphatic rings. The Bertz CT molecular complexity index is 732. The molecule has 1 aromatic carbocycles. The molecule has 0 aromatic heterocycles. The Hall–Kier alpha value is -2.50. The van der Waals surface area contributed by atoms with Gasteiger partial charge in [-0.2, -0.15) is 0 Å². The third-order valence-electron chi connectivity index (χ3n) is 4.36. The number of carbonyl (C=O) groups is 2. The summed E-state index contributed by atoms with van der Waals surface area (Å²) in [6.45, 7) is 8.77. The number of hydrogen-bond acceptors (Lipinski definition) is 5. The van der Waals surface area contributed by atoms with E-state index in [1.54, 1.807) is 20.3 Å². The Labute approximate surface area is 155 Å². The molecular formula is C20H28N2O4. The van der Waals surface area contributed by atoms with Gasteiger partial charge in [0.05, 0.1) is 19.8 Å². The fourth-order valence-corrected chi connectivity index (χ4v) is 2.85. The molecule has 2 rings (SSSR count). The minimum Gasteiger partial charge on any atom is -0.493 e. The van der Waals surface area contributed by atoms with E-state index in [1.165, 1.54) is 0 Å². The maximum Gasteiger partial charge on any atom is 0.259 e. The second-order valence-corrected chi connectivity index (χ2v) is 7.33. The smallest absolute Gasteiger partial charge is 0.259 e. The molecule has 0 bridgehead atoms. The van der Waals surface area contributed by atoms with E-state index in [0.29, 0.717) is 36.5 Å². The van der Waals surface area contributed by atoms with E-state index in [4.69, 9.17) is 9.47 Å². The van der Waals surface area contributed by atoms with Crippen LogP contribution in [0.25, 0.3) is 5.57 Å². The number of carbonyl (C=O) groups excluding carboxylic acids is 2. The van der Waals surface area contributed by atoms with Crippen molar-refractivity contribution in [3.8, 4) is 11.5 Å². The van der Waals surface area contributed by atoms with Crippen molar-refractivity contribution in [2.45, 2.75) is 52.6 Å². The average molecular weight is 360 g/mol. The summed E-state index contributed by atoms with van der Waals surface area (Å²) in [6.07, 6.45) is 2.83. The largest absolute Gasteiger partial charge is 0.493 e. The lowest BCUT2D eigenvalue weighted by Gasteiger charge is -2.39. The van der Waals surface area contributed by atoms with Gasteiger partial charge in [0.25, 0.3) is 5.91 Å². The molecule has 6 heteroatoms. The number of nitrogens with one attached hydrogen (secondary N) is 1. The van der Waals surface area contributed by atoms with Gasteiger partial charge in [0.15, 0.2) is 11.5 Å². The fourth-order valence-electron chi connectivity index (χ4n) is 2.85. The molecule has 2 amide bonds. The molecule has 1 heterocycles. The lowest BCUT2D eigenvalue weighted by Crippen LogP contribution is -2.40. The normalized spacial score (nSPS) is 13.6. The lowest BCUT2D eigenvalue weighted by atomic mass is 9.92. The molecule has 1 aliphatic heterocycles. The topological polar surface area (TPSA) is 67.9 Å². The van der Waals surface area contributed by atoms with Gasteiger partial charge in [-0.15, -0.1) is 0 Å². The van der Waals surface area contributed by atoms with Crippen LogP contribution in [0.5, 0.6) is 11.5 Å². The van der Waals surface area contributed by atoms with Crippen LogP contribution in [0.3, 0.4) is 0 Å². The van der Waals surface area contributed by atoms with E-state index in [-0.39, 0.29) is 11.4 Å². The third-order valence-corrected chi connectivity index (χ3v) is 4.36. The molecular weight excluding hydrogens is 332 g/mol. The zero-order chi connectivity index (χ0) is 19.5. The monoisotopic (exact) mass is 360 g/mol. The number of hydrogen-bond donors (Lipinski definition) is 1. The molecule has 0 unspecified atom stereocenters. The van der Waals surface area contributed by atoms with Crippen LogP contribution in [0.15, 0.2) is 18.3 Å². The Morgan fingerprint density at radius 3 is 2.31 bits per heavy atom. The van der Waals surface area contributed by atoms with Gasteiger partial charge in [-0.3, -0.25) is 14.9 Å². The number of imide groups is 1. The van der Waals surface area contributed by atoms with E-state index in [0.717, 1.165) is 11.1 Å². The summed E-state index contributed by atoms with van der Waals surface area (Å²) < 4.78 is 10.8. The van der Waals surface area contributed by atoms with Crippen molar-refractivity contribution < 1.29 is 19.1 Å². The molecule has 0 fully saturated rings. The lowest BCUT2D eigenvalue weighted by molar-refractivity contribution is -0.127. The summed E-state index contributed by atoms with van der Waals surface area (Å²) in [7, 11) is 3.14. The van der Waals surface area contributed by atoms with E-state index in [2.05, 4.69) is 31.0 Å². The van der Waals surface area contributed by atoms with Gasteiger partial charge >= 0.3 is 0 Å². The van der Waals surface area contributed by atoms with Crippen molar-refractivity contribution in [1.82, 2.24) is 10.2 Å². The van der Waals surface area contributed by atoms with Crippen molar-refractivity contribution in [2.24, 2.45) is 0 Å². The first-order chi connectivity index (χ1) is 12.2. The Morgan fingerprint density at radius 2 is 1.77 bits per heavy atom. The van der Waals surface area contributed by atoms with Crippen LogP contribution in [0.4, 0.5) is 0 Å². The van der Waals surface area contributed by atoms with Crippen LogP contribution >= 0.6 is 0 Å². The van der Waals surface area contributed by atoms with E-state index in [9.17, 15) is 9.59 Å². The Morgan fingerprint density at radius 1 is 1.15 bits per heavy atom. The van der Waals surface area contributed by atoms with Crippen LogP contribution in [-0.4, -0.2) is 36.5 Å². The number of nitrogens with zero attached hydrogens (tertiary/aromatic N) is 1. The van der Waals surface area contributed by atoms with E-state index >= 15 is 0 Å².